The normalized spacial score (nSPS) is 20.5. The van der Waals surface area contributed by atoms with E-state index in [2.05, 4.69) is 20.2 Å². The highest BCUT2D eigenvalue weighted by Gasteiger charge is 2.34. The molecule has 3 aromatic heterocycles. The van der Waals surface area contributed by atoms with Crippen molar-refractivity contribution in [1.29, 1.82) is 0 Å². The molecule has 124 valence electrons. The first kappa shape index (κ1) is 15.0. The molecule has 1 aliphatic rings. The maximum atomic E-state index is 5.84. The van der Waals surface area contributed by atoms with Crippen LogP contribution >= 0.6 is 0 Å². The zero-order valence-corrected chi connectivity index (χ0v) is 13.5. The third-order valence-corrected chi connectivity index (χ3v) is 4.39. The summed E-state index contributed by atoms with van der Waals surface area (Å²) in [5, 5.41) is 8.38. The summed E-state index contributed by atoms with van der Waals surface area (Å²) in [4.78, 5) is 8.84. The van der Waals surface area contributed by atoms with Gasteiger partial charge in [-0.2, -0.15) is 10.1 Å². The van der Waals surface area contributed by atoms with Crippen molar-refractivity contribution in [1.82, 2.24) is 24.9 Å². The number of hydrogen-bond donors (Lipinski definition) is 0. The van der Waals surface area contributed by atoms with E-state index in [9.17, 15) is 0 Å². The standard InChI is InChI=1S/C17H19N5O2/c1-12-13(4-2-6-18-12)10-15-20-17(24-21-15)16-14(5-9-23-16)11-22-8-3-7-19-22/h2-4,6-8,14,16H,5,9-11H2,1H3/t14-,16-/m0/s1. The van der Waals surface area contributed by atoms with Crippen LogP contribution in [0.15, 0.2) is 41.3 Å². The zero-order valence-electron chi connectivity index (χ0n) is 13.5. The van der Waals surface area contributed by atoms with Crippen LogP contribution in [0.2, 0.25) is 0 Å². The Morgan fingerprint density at radius 3 is 3.08 bits per heavy atom. The van der Waals surface area contributed by atoms with Gasteiger partial charge in [0.2, 0.25) is 0 Å². The lowest BCUT2D eigenvalue weighted by Gasteiger charge is -2.14. The quantitative estimate of drug-likeness (QED) is 0.716. The molecule has 24 heavy (non-hydrogen) atoms. The van der Waals surface area contributed by atoms with E-state index in [0.717, 1.165) is 24.2 Å². The highest BCUT2D eigenvalue weighted by Crippen LogP contribution is 2.34. The number of hydrogen-bond acceptors (Lipinski definition) is 6. The van der Waals surface area contributed by atoms with Gasteiger partial charge < -0.3 is 9.26 Å². The van der Waals surface area contributed by atoms with Crippen LogP contribution in [0.5, 0.6) is 0 Å². The topological polar surface area (TPSA) is 78.9 Å². The maximum Gasteiger partial charge on any atom is 0.256 e. The Kier molecular flexibility index (Phi) is 4.08. The van der Waals surface area contributed by atoms with Crippen molar-refractivity contribution in [3.63, 3.8) is 0 Å². The highest BCUT2D eigenvalue weighted by molar-refractivity contribution is 5.21. The monoisotopic (exact) mass is 325 g/mol. The Bertz CT molecular complexity index is 799. The summed E-state index contributed by atoms with van der Waals surface area (Å²) >= 11 is 0. The van der Waals surface area contributed by atoms with Gasteiger partial charge in [-0.15, -0.1) is 0 Å². The number of rotatable bonds is 5. The summed E-state index contributed by atoms with van der Waals surface area (Å²) in [6, 6.07) is 5.88. The lowest BCUT2D eigenvalue weighted by Crippen LogP contribution is -2.15. The minimum absolute atomic E-state index is 0.162. The molecule has 7 heteroatoms. The van der Waals surface area contributed by atoms with Crippen molar-refractivity contribution >= 4 is 0 Å². The number of aromatic nitrogens is 5. The van der Waals surface area contributed by atoms with Crippen molar-refractivity contribution in [2.24, 2.45) is 5.92 Å². The van der Waals surface area contributed by atoms with Crippen LogP contribution in [0.3, 0.4) is 0 Å². The Labute approximate surface area is 139 Å². The molecule has 1 saturated heterocycles. The van der Waals surface area contributed by atoms with Crippen molar-refractivity contribution in [2.75, 3.05) is 6.61 Å². The van der Waals surface area contributed by atoms with E-state index < -0.39 is 0 Å². The van der Waals surface area contributed by atoms with Gasteiger partial charge in [-0.25, -0.2) is 0 Å². The fraction of sp³-hybridized carbons (Fsp3) is 0.412. The lowest BCUT2D eigenvalue weighted by atomic mass is 10.0. The van der Waals surface area contributed by atoms with Crippen molar-refractivity contribution in [3.05, 3.63) is 59.8 Å². The van der Waals surface area contributed by atoms with Gasteiger partial charge in [-0.05, 0) is 31.0 Å². The van der Waals surface area contributed by atoms with Gasteiger partial charge in [-0.3, -0.25) is 9.67 Å². The number of aryl methyl sites for hydroxylation is 1. The van der Waals surface area contributed by atoms with Gasteiger partial charge >= 0.3 is 0 Å². The van der Waals surface area contributed by atoms with Crippen LogP contribution in [0.1, 0.15) is 35.5 Å². The van der Waals surface area contributed by atoms with Gasteiger partial charge in [-0.1, -0.05) is 11.2 Å². The highest BCUT2D eigenvalue weighted by atomic mass is 16.5. The molecule has 4 rings (SSSR count). The Hall–Kier alpha value is -2.54. The van der Waals surface area contributed by atoms with Crippen molar-refractivity contribution in [2.45, 2.75) is 32.4 Å². The lowest BCUT2D eigenvalue weighted by molar-refractivity contribution is 0.0578. The molecule has 7 nitrogen and oxygen atoms in total. The zero-order chi connectivity index (χ0) is 16.4. The summed E-state index contributed by atoms with van der Waals surface area (Å²) in [5.74, 6) is 1.51. The molecule has 0 saturated carbocycles. The first-order valence-corrected chi connectivity index (χ1v) is 8.11. The minimum atomic E-state index is -0.162. The Morgan fingerprint density at radius 2 is 2.25 bits per heavy atom. The fourth-order valence-electron chi connectivity index (χ4n) is 3.07. The fourth-order valence-corrected chi connectivity index (χ4v) is 3.07. The molecular formula is C17H19N5O2. The first-order valence-electron chi connectivity index (χ1n) is 8.11. The molecule has 0 aliphatic carbocycles. The van der Waals surface area contributed by atoms with Gasteiger partial charge in [0.1, 0.15) is 6.10 Å². The predicted octanol–water partition coefficient (Wildman–Crippen LogP) is 2.34. The second-order valence-corrected chi connectivity index (χ2v) is 6.04. The van der Waals surface area contributed by atoms with Crippen LogP contribution < -0.4 is 0 Å². The van der Waals surface area contributed by atoms with E-state index in [0.29, 0.717) is 30.7 Å². The van der Waals surface area contributed by atoms with Crippen molar-refractivity contribution < 1.29 is 9.26 Å². The van der Waals surface area contributed by atoms with Crippen molar-refractivity contribution in [3.8, 4) is 0 Å². The van der Waals surface area contributed by atoms with Crippen LogP contribution in [-0.2, 0) is 17.7 Å². The first-order chi connectivity index (χ1) is 11.8. The Balaban J connectivity index is 1.48. The van der Waals surface area contributed by atoms with Gasteiger partial charge in [0.05, 0.1) is 0 Å². The number of ether oxygens (including phenoxy) is 1. The van der Waals surface area contributed by atoms with E-state index in [1.807, 2.05) is 36.0 Å². The summed E-state index contributed by atoms with van der Waals surface area (Å²) < 4.78 is 13.2. The molecule has 0 unspecified atom stereocenters. The van der Waals surface area contributed by atoms with E-state index in [-0.39, 0.29) is 6.10 Å². The SMILES string of the molecule is Cc1ncccc1Cc1noc([C@H]2OCC[C@H]2Cn2cccn2)n1. The smallest absolute Gasteiger partial charge is 0.256 e. The second kappa shape index (κ2) is 6.52. The largest absolute Gasteiger partial charge is 0.368 e. The molecule has 1 fully saturated rings. The van der Waals surface area contributed by atoms with E-state index >= 15 is 0 Å². The maximum absolute atomic E-state index is 5.84. The summed E-state index contributed by atoms with van der Waals surface area (Å²) in [6.07, 6.45) is 6.94. The molecule has 1 aliphatic heterocycles. The minimum Gasteiger partial charge on any atom is -0.368 e. The van der Waals surface area contributed by atoms with Gasteiger partial charge in [0, 0.05) is 49.8 Å². The summed E-state index contributed by atoms with van der Waals surface area (Å²) in [6.45, 7) is 3.48. The molecule has 4 heterocycles. The number of pyridine rings is 1. The van der Waals surface area contributed by atoms with Crippen LogP contribution in [0, 0.1) is 12.8 Å². The summed E-state index contributed by atoms with van der Waals surface area (Å²) in [5.41, 5.74) is 2.09. The predicted molar refractivity (Wildman–Crippen MR) is 85.1 cm³/mol. The van der Waals surface area contributed by atoms with Gasteiger partial charge in [0.25, 0.3) is 5.89 Å². The molecule has 0 radical (unpaired) electrons. The summed E-state index contributed by atoms with van der Waals surface area (Å²) in [7, 11) is 0. The van der Waals surface area contributed by atoms with E-state index in [4.69, 9.17) is 9.26 Å². The van der Waals surface area contributed by atoms with Crippen LogP contribution in [-0.4, -0.2) is 31.5 Å². The van der Waals surface area contributed by atoms with Crippen LogP contribution in [0.25, 0.3) is 0 Å². The molecule has 0 spiro atoms. The Morgan fingerprint density at radius 1 is 1.29 bits per heavy atom. The van der Waals surface area contributed by atoms with E-state index in [1.165, 1.54) is 0 Å². The molecule has 0 N–H and O–H groups in total. The van der Waals surface area contributed by atoms with Gasteiger partial charge in [0.15, 0.2) is 5.82 Å². The third kappa shape index (κ3) is 3.07. The second-order valence-electron chi connectivity index (χ2n) is 6.04. The molecule has 0 amide bonds. The molecule has 0 aromatic carbocycles. The van der Waals surface area contributed by atoms with E-state index in [1.54, 1.807) is 12.4 Å². The average molecular weight is 325 g/mol. The van der Waals surface area contributed by atoms with Crippen LogP contribution in [0.4, 0.5) is 0 Å². The third-order valence-electron chi connectivity index (χ3n) is 4.39. The molecule has 3 aromatic rings. The molecule has 2 atom stereocenters. The number of nitrogens with zero attached hydrogens (tertiary/aromatic N) is 5. The molecule has 0 bridgehead atoms. The average Bonchev–Trinajstić information content (AvgIpc) is 3.32. The molecular weight excluding hydrogens is 306 g/mol.